The Hall–Kier alpha value is -1.94. The Labute approximate surface area is 517 Å². The number of ether oxygens (including phenoxy) is 4. The van der Waals surface area contributed by atoms with Gasteiger partial charge in [0.1, 0.15) is 19.3 Å². The van der Waals surface area contributed by atoms with Gasteiger partial charge in [0.2, 0.25) is 0 Å². The molecule has 0 aromatic heterocycles. The number of hydrogen-bond acceptors (Lipinski definition) is 15. The van der Waals surface area contributed by atoms with E-state index in [1.807, 2.05) is 0 Å². The Balaban J connectivity index is 5.19. The summed E-state index contributed by atoms with van der Waals surface area (Å²) in [6.45, 7) is 4.88. The van der Waals surface area contributed by atoms with E-state index in [1.54, 1.807) is 0 Å². The number of unbranched alkanes of at least 4 members (excludes halogenated alkanes) is 41. The van der Waals surface area contributed by atoms with Crippen LogP contribution in [0.15, 0.2) is 0 Å². The first-order valence-electron chi connectivity index (χ1n) is 34.8. The molecule has 0 bridgehead atoms. The van der Waals surface area contributed by atoms with E-state index < -0.39 is 97.5 Å². The molecular formula is C66H128O17P2. The topological polar surface area (TPSA) is 237 Å². The Morgan fingerprint density at radius 2 is 0.471 bits per heavy atom. The van der Waals surface area contributed by atoms with Gasteiger partial charge in [-0.1, -0.05) is 291 Å². The molecule has 0 radical (unpaired) electrons. The van der Waals surface area contributed by atoms with Crippen molar-refractivity contribution in [2.75, 3.05) is 39.6 Å². The minimum absolute atomic E-state index is 0.108. The number of rotatable bonds is 67. The molecule has 3 N–H and O–H groups in total. The molecule has 19 heteroatoms. The predicted molar refractivity (Wildman–Crippen MR) is 340 cm³/mol. The molecular weight excluding hydrogens is 1130 g/mol. The van der Waals surface area contributed by atoms with Crippen molar-refractivity contribution in [3.63, 3.8) is 0 Å². The third-order valence-electron chi connectivity index (χ3n) is 15.4. The molecule has 85 heavy (non-hydrogen) atoms. The third kappa shape index (κ3) is 60.7. The molecule has 5 atom stereocenters. The first-order valence-corrected chi connectivity index (χ1v) is 37.8. The fourth-order valence-electron chi connectivity index (χ4n) is 9.99. The van der Waals surface area contributed by atoms with Gasteiger partial charge in [0, 0.05) is 25.7 Å². The van der Waals surface area contributed by atoms with E-state index in [1.165, 1.54) is 167 Å². The van der Waals surface area contributed by atoms with Crippen LogP contribution < -0.4 is 0 Å². The van der Waals surface area contributed by atoms with Crippen LogP contribution >= 0.6 is 15.6 Å². The maximum Gasteiger partial charge on any atom is 0.472 e. The number of carbonyl (C=O) groups excluding carboxylic acids is 4. The molecule has 0 aliphatic heterocycles. The zero-order chi connectivity index (χ0) is 62.6. The van der Waals surface area contributed by atoms with Crippen molar-refractivity contribution in [1.82, 2.24) is 0 Å². The Kier molecular flexibility index (Phi) is 59.6. The summed E-state index contributed by atoms with van der Waals surface area (Å²) in [7, 11) is -9.88. The predicted octanol–water partition coefficient (Wildman–Crippen LogP) is 18.7. The van der Waals surface area contributed by atoms with Gasteiger partial charge in [0.15, 0.2) is 12.2 Å². The number of hydrogen-bond donors (Lipinski definition) is 3. The van der Waals surface area contributed by atoms with Gasteiger partial charge >= 0.3 is 39.5 Å². The lowest BCUT2D eigenvalue weighted by Crippen LogP contribution is -2.30. The minimum atomic E-state index is -4.94. The summed E-state index contributed by atoms with van der Waals surface area (Å²) >= 11 is 0. The van der Waals surface area contributed by atoms with Crippen LogP contribution in [-0.4, -0.2) is 96.7 Å². The Bertz CT molecular complexity index is 1640. The molecule has 0 aliphatic carbocycles. The van der Waals surface area contributed by atoms with Gasteiger partial charge in [0.05, 0.1) is 26.4 Å². The fourth-order valence-corrected chi connectivity index (χ4v) is 11.6. The fraction of sp³-hybridized carbons (Fsp3) is 0.939. The van der Waals surface area contributed by atoms with Crippen LogP contribution in [0.1, 0.15) is 342 Å². The van der Waals surface area contributed by atoms with E-state index >= 15 is 0 Å². The van der Waals surface area contributed by atoms with Crippen LogP contribution in [0.25, 0.3) is 0 Å². The first kappa shape index (κ1) is 83.1. The lowest BCUT2D eigenvalue weighted by molar-refractivity contribution is -0.161. The van der Waals surface area contributed by atoms with Crippen LogP contribution in [-0.2, 0) is 65.4 Å². The third-order valence-corrected chi connectivity index (χ3v) is 17.3. The highest BCUT2D eigenvalue weighted by atomic mass is 31.2. The average Bonchev–Trinajstić information content (AvgIpc) is 3.57. The van der Waals surface area contributed by atoms with Crippen LogP contribution in [0.4, 0.5) is 0 Å². The van der Waals surface area contributed by atoms with Gasteiger partial charge in [-0.15, -0.1) is 0 Å². The highest BCUT2D eigenvalue weighted by Gasteiger charge is 2.30. The van der Waals surface area contributed by atoms with Crippen LogP contribution in [0.3, 0.4) is 0 Å². The van der Waals surface area contributed by atoms with Crippen molar-refractivity contribution in [2.24, 2.45) is 0 Å². The zero-order valence-corrected chi connectivity index (χ0v) is 56.4. The molecule has 0 amide bonds. The molecule has 504 valence electrons. The van der Waals surface area contributed by atoms with E-state index in [0.717, 1.165) is 96.3 Å². The maximum absolute atomic E-state index is 13.0. The molecule has 0 spiro atoms. The van der Waals surface area contributed by atoms with Crippen molar-refractivity contribution >= 4 is 39.5 Å². The van der Waals surface area contributed by atoms with Crippen LogP contribution in [0.2, 0.25) is 0 Å². The largest absolute Gasteiger partial charge is 0.472 e. The van der Waals surface area contributed by atoms with Gasteiger partial charge in [-0.3, -0.25) is 37.3 Å². The summed E-state index contributed by atoms with van der Waals surface area (Å²) in [5, 5.41) is 10.5. The SMILES string of the molecule is CCCCCCCCCCCCCCCCCC(=O)O[C@H](COC(=O)CCCCCCCCCC)COP(=O)(O)OC[C@@H](O)COP(=O)(O)OC[C@@H](COC(=O)CCCCCCCCCCC)OC(=O)CCCCCCCCCCCCCCC. The average molecular weight is 1260 g/mol. The lowest BCUT2D eigenvalue weighted by atomic mass is 10.0. The van der Waals surface area contributed by atoms with Gasteiger partial charge in [-0.05, 0) is 25.7 Å². The highest BCUT2D eigenvalue weighted by Crippen LogP contribution is 2.45. The van der Waals surface area contributed by atoms with E-state index in [2.05, 4.69) is 27.7 Å². The van der Waals surface area contributed by atoms with Crippen molar-refractivity contribution in [3.05, 3.63) is 0 Å². The standard InChI is InChI=1S/C66H128O17P2/c1-5-9-13-17-21-25-27-29-30-32-34-37-41-45-49-53-66(71)82-61(56-76-63(68)50-46-42-38-24-20-16-12-8-4)58-80-84(72,73)78-54-60(67)55-79-85(74,75)81-59-62(57-77-64(69)51-47-43-39-35-23-19-15-11-7-3)83-65(70)52-48-44-40-36-33-31-28-26-22-18-14-10-6-2/h60-62,67H,5-59H2,1-4H3,(H,72,73)(H,74,75)/t60-,61-,62-/m1/s1. The van der Waals surface area contributed by atoms with E-state index in [4.69, 9.17) is 37.0 Å². The summed E-state index contributed by atoms with van der Waals surface area (Å²) in [6, 6.07) is 0. The maximum atomic E-state index is 13.0. The molecule has 0 aromatic carbocycles. The van der Waals surface area contributed by atoms with Crippen LogP contribution in [0, 0.1) is 0 Å². The number of aliphatic hydroxyl groups excluding tert-OH is 1. The summed E-state index contributed by atoms with van der Waals surface area (Å²) in [6.07, 6.45) is 47.1. The van der Waals surface area contributed by atoms with Crippen molar-refractivity contribution in [3.8, 4) is 0 Å². The molecule has 0 saturated carbocycles. The number of carbonyl (C=O) groups is 4. The second-order valence-electron chi connectivity index (χ2n) is 23.9. The first-order chi connectivity index (χ1) is 41.2. The Morgan fingerprint density at radius 1 is 0.282 bits per heavy atom. The summed E-state index contributed by atoms with van der Waals surface area (Å²) < 4.78 is 68.0. The highest BCUT2D eigenvalue weighted by molar-refractivity contribution is 7.47. The number of phosphoric ester groups is 2. The van der Waals surface area contributed by atoms with Crippen molar-refractivity contribution in [2.45, 2.75) is 361 Å². The summed E-state index contributed by atoms with van der Waals surface area (Å²) in [4.78, 5) is 72.2. The molecule has 17 nitrogen and oxygen atoms in total. The van der Waals surface area contributed by atoms with Gasteiger partial charge in [-0.25, -0.2) is 9.13 Å². The quantitative estimate of drug-likeness (QED) is 0.0222. The van der Waals surface area contributed by atoms with Gasteiger partial charge in [0.25, 0.3) is 0 Å². The Morgan fingerprint density at radius 3 is 0.694 bits per heavy atom. The zero-order valence-electron chi connectivity index (χ0n) is 54.6. The number of phosphoric acid groups is 2. The van der Waals surface area contributed by atoms with E-state index in [9.17, 15) is 43.2 Å². The second-order valence-corrected chi connectivity index (χ2v) is 26.8. The van der Waals surface area contributed by atoms with Crippen LogP contribution in [0.5, 0.6) is 0 Å². The molecule has 0 rings (SSSR count). The summed E-state index contributed by atoms with van der Waals surface area (Å²) in [5.41, 5.74) is 0. The normalized spacial score (nSPS) is 14.1. The molecule has 0 fully saturated rings. The smallest absolute Gasteiger partial charge is 0.462 e. The van der Waals surface area contributed by atoms with Gasteiger partial charge in [-0.2, -0.15) is 0 Å². The summed E-state index contributed by atoms with van der Waals surface area (Å²) in [5.74, 6) is -2.13. The van der Waals surface area contributed by atoms with Gasteiger partial charge < -0.3 is 33.8 Å². The minimum Gasteiger partial charge on any atom is -0.462 e. The number of aliphatic hydroxyl groups is 1. The molecule has 0 saturated heterocycles. The van der Waals surface area contributed by atoms with E-state index in [0.29, 0.717) is 25.7 Å². The molecule has 2 unspecified atom stereocenters. The molecule has 0 heterocycles. The molecule has 0 aliphatic rings. The number of esters is 4. The van der Waals surface area contributed by atoms with Crippen molar-refractivity contribution < 1.29 is 80.2 Å². The molecule has 0 aromatic rings. The monoisotopic (exact) mass is 1250 g/mol. The van der Waals surface area contributed by atoms with E-state index in [-0.39, 0.29) is 25.7 Å². The second kappa shape index (κ2) is 60.9. The lowest BCUT2D eigenvalue weighted by Gasteiger charge is -2.21. The van der Waals surface area contributed by atoms with Crippen molar-refractivity contribution in [1.29, 1.82) is 0 Å².